The Bertz CT molecular complexity index is 733. The smallest absolute Gasteiger partial charge is 0.242 e. The molecule has 3 atom stereocenters. The molecule has 1 aliphatic rings. The van der Waals surface area contributed by atoms with Crippen LogP contribution in [0.3, 0.4) is 0 Å². The number of benzene rings is 1. The Kier molecular flexibility index (Phi) is 6.38. The monoisotopic (exact) mass is 376 g/mol. The molecule has 0 spiro atoms. The molecule has 0 saturated carbocycles. The van der Waals surface area contributed by atoms with E-state index in [4.69, 9.17) is 4.74 Å². The van der Waals surface area contributed by atoms with E-state index >= 15 is 0 Å². The quantitative estimate of drug-likeness (QED) is 0.616. The fraction of sp³-hybridized carbons (Fsp3) is 0.444. The molecule has 2 rings (SSSR count). The minimum atomic E-state index is -1.42. The number of anilines is 1. The SMILES string of the molecule is COc1ccc(N2C[C@@H](C(=O)N[C@@H](C)C(=O)N[C@@H](C)C(=O)[O-])CC2=O)cc1. The molecule has 1 fully saturated rings. The molecule has 27 heavy (non-hydrogen) atoms. The Morgan fingerprint density at radius 3 is 2.33 bits per heavy atom. The molecule has 1 aliphatic heterocycles. The van der Waals surface area contributed by atoms with Crippen LogP contribution in [0.5, 0.6) is 5.75 Å². The van der Waals surface area contributed by atoms with Crippen LogP contribution in [0.1, 0.15) is 20.3 Å². The van der Waals surface area contributed by atoms with E-state index in [1.165, 1.54) is 18.7 Å². The predicted octanol–water partition coefficient (Wildman–Crippen LogP) is -1.19. The first kappa shape index (κ1) is 20.2. The molecule has 0 aromatic heterocycles. The maximum absolute atomic E-state index is 12.4. The molecule has 1 saturated heterocycles. The van der Waals surface area contributed by atoms with Crippen molar-refractivity contribution in [1.29, 1.82) is 0 Å². The Morgan fingerprint density at radius 2 is 1.78 bits per heavy atom. The number of aliphatic carboxylic acids is 1. The molecular formula is C18H22N3O6-. The van der Waals surface area contributed by atoms with Crippen LogP contribution in [-0.2, 0) is 19.2 Å². The second kappa shape index (κ2) is 8.52. The number of hydrogen-bond donors (Lipinski definition) is 2. The topological polar surface area (TPSA) is 128 Å². The standard InChI is InChI=1S/C18H23N3O6/c1-10(16(23)20-11(2)18(25)26)19-17(24)12-8-15(22)21(9-12)13-4-6-14(27-3)7-5-13/h4-7,10-12H,8-9H2,1-3H3,(H,19,24)(H,20,23)(H,25,26)/p-1/t10-,11-,12-/m0/s1. The molecule has 9 heteroatoms. The summed E-state index contributed by atoms with van der Waals surface area (Å²) in [6.45, 7) is 2.90. The number of carbonyl (C=O) groups excluding carboxylic acids is 4. The summed E-state index contributed by atoms with van der Waals surface area (Å²) in [5.74, 6) is -2.64. The maximum atomic E-state index is 12.4. The lowest BCUT2D eigenvalue weighted by Crippen LogP contribution is -2.53. The van der Waals surface area contributed by atoms with E-state index in [9.17, 15) is 24.3 Å². The Hall–Kier alpha value is -3.10. The molecule has 1 heterocycles. The second-order valence-corrected chi connectivity index (χ2v) is 6.38. The largest absolute Gasteiger partial charge is 0.548 e. The summed E-state index contributed by atoms with van der Waals surface area (Å²) >= 11 is 0. The third-order valence-corrected chi connectivity index (χ3v) is 4.34. The summed E-state index contributed by atoms with van der Waals surface area (Å²) in [5, 5.41) is 15.4. The van der Waals surface area contributed by atoms with Crippen molar-refractivity contribution in [2.24, 2.45) is 5.92 Å². The van der Waals surface area contributed by atoms with Gasteiger partial charge < -0.3 is 30.2 Å². The summed E-state index contributed by atoms with van der Waals surface area (Å²) in [5.41, 5.74) is 0.657. The first-order valence-electron chi connectivity index (χ1n) is 8.49. The van der Waals surface area contributed by atoms with Gasteiger partial charge >= 0.3 is 0 Å². The van der Waals surface area contributed by atoms with E-state index < -0.39 is 35.8 Å². The first-order chi connectivity index (χ1) is 12.7. The van der Waals surface area contributed by atoms with Gasteiger partial charge in [-0.05, 0) is 38.1 Å². The van der Waals surface area contributed by atoms with Crippen molar-refractivity contribution >= 4 is 29.4 Å². The third kappa shape index (κ3) is 4.96. The summed E-state index contributed by atoms with van der Waals surface area (Å²) in [6.07, 6.45) is 0.0294. The number of amides is 3. The number of hydrogen-bond acceptors (Lipinski definition) is 6. The highest BCUT2D eigenvalue weighted by atomic mass is 16.5. The van der Waals surface area contributed by atoms with Crippen molar-refractivity contribution in [2.45, 2.75) is 32.4 Å². The molecule has 0 bridgehead atoms. The number of nitrogens with zero attached hydrogens (tertiary/aromatic N) is 1. The van der Waals surface area contributed by atoms with Crippen LogP contribution in [0.25, 0.3) is 0 Å². The zero-order valence-corrected chi connectivity index (χ0v) is 15.4. The minimum Gasteiger partial charge on any atom is -0.548 e. The van der Waals surface area contributed by atoms with E-state index in [-0.39, 0.29) is 18.9 Å². The number of carbonyl (C=O) groups is 4. The van der Waals surface area contributed by atoms with Gasteiger partial charge in [0.2, 0.25) is 17.7 Å². The zero-order valence-electron chi connectivity index (χ0n) is 15.4. The van der Waals surface area contributed by atoms with Gasteiger partial charge in [-0.25, -0.2) is 0 Å². The molecule has 0 aliphatic carbocycles. The molecule has 3 amide bonds. The highest BCUT2D eigenvalue weighted by Gasteiger charge is 2.36. The van der Waals surface area contributed by atoms with Gasteiger partial charge in [0.05, 0.1) is 25.0 Å². The Labute approximate surface area is 156 Å². The van der Waals surface area contributed by atoms with Gasteiger partial charge in [-0.1, -0.05) is 0 Å². The van der Waals surface area contributed by atoms with Crippen molar-refractivity contribution in [3.05, 3.63) is 24.3 Å². The van der Waals surface area contributed by atoms with E-state index in [0.717, 1.165) is 0 Å². The first-order valence-corrected chi connectivity index (χ1v) is 8.49. The van der Waals surface area contributed by atoms with E-state index in [0.29, 0.717) is 11.4 Å². The number of methoxy groups -OCH3 is 1. The summed E-state index contributed by atoms with van der Waals surface area (Å²) in [7, 11) is 1.54. The number of carboxylic acids is 1. The van der Waals surface area contributed by atoms with E-state index in [1.54, 1.807) is 31.4 Å². The van der Waals surface area contributed by atoms with Gasteiger partial charge in [-0.15, -0.1) is 0 Å². The van der Waals surface area contributed by atoms with Crippen LogP contribution < -0.4 is 25.4 Å². The average molecular weight is 376 g/mol. The summed E-state index contributed by atoms with van der Waals surface area (Å²) < 4.78 is 5.08. The molecule has 146 valence electrons. The second-order valence-electron chi connectivity index (χ2n) is 6.38. The predicted molar refractivity (Wildman–Crippen MR) is 93.7 cm³/mol. The lowest BCUT2D eigenvalue weighted by Gasteiger charge is -2.20. The van der Waals surface area contributed by atoms with Gasteiger partial charge in [0.15, 0.2) is 0 Å². The van der Waals surface area contributed by atoms with Crippen molar-refractivity contribution in [3.8, 4) is 5.75 Å². The fourth-order valence-corrected chi connectivity index (χ4v) is 2.69. The minimum absolute atomic E-state index is 0.0294. The third-order valence-electron chi connectivity index (χ3n) is 4.34. The van der Waals surface area contributed by atoms with Crippen LogP contribution in [0.15, 0.2) is 24.3 Å². The molecule has 0 unspecified atom stereocenters. The van der Waals surface area contributed by atoms with E-state index in [1.807, 2.05) is 0 Å². The van der Waals surface area contributed by atoms with Gasteiger partial charge in [0, 0.05) is 18.7 Å². The lowest BCUT2D eigenvalue weighted by molar-refractivity contribution is -0.307. The van der Waals surface area contributed by atoms with Crippen LogP contribution in [0.2, 0.25) is 0 Å². The maximum Gasteiger partial charge on any atom is 0.242 e. The average Bonchev–Trinajstić information content (AvgIpc) is 3.03. The molecule has 9 nitrogen and oxygen atoms in total. The highest BCUT2D eigenvalue weighted by molar-refractivity contribution is 6.01. The fourth-order valence-electron chi connectivity index (χ4n) is 2.69. The number of nitrogens with one attached hydrogen (secondary N) is 2. The van der Waals surface area contributed by atoms with Crippen molar-refractivity contribution in [3.63, 3.8) is 0 Å². The van der Waals surface area contributed by atoms with Crippen molar-refractivity contribution < 1.29 is 29.0 Å². The number of ether oxygens (including phenoxy) is 1. The molecule has 1 aromatic rings. The Balaban J connectivity index is 1.94. The zero-order chi connectivity index (χ0) is 20.1. The van der Waals surface area contributed by atoms with Gasteiger partial charge in [0.25, 0.3) is 0 Å². The van der Waals surface area contributed by atoms with Gasteiger partial charge in [0.1, 0.15) is 11.8 Å². The molecule has 0 radical (unpaired) electrons. The number of carboxylic acid groups (broad SMARTS) is 1. The lowest BCUT2D eigenvalue weighted by atomic mass is 10.1. The van der Waals surface area contributed by atoms with Crippen molar-refractivity contribution in [2.75, 3.05) is 18.6 Å². The normalized spacial score (nSPS) is 18.6. The van der Waals surface area contributed by atoms with Crippen LogP contribution in [0.4, 0.5) is 5.69 Å². The van der Waals surface area contributed by atoms with Gasteiger partial charge in [-0.3, -0.25) is 14.4 Å². The highest BCUT2D eigenvalue weighted by Crippen LogP contribution is 2.26. The Morgan fingerprint density at radius 1 is 1.15 bits per heavy atom. The van der Waals surface area contributed by atoms with Crippen molar-refractivity contribution in [1.82, 2.24) is 10.6 Å². The van der Waals surface area contributed by atoms with Gasteiger partial charge in [-0.2, -0.15) is 0 Å². The number of rotatable bonds is 7. The van der Waals surface area contributed by atoms with Crippen LogP contribution >= 0.6 is 0 Å². The van der Waals surface area contributed by atoms with E-state index in [2.05, 4.69) is 10.6 Å². The summed E-state index contributed by atoms with van der Waals surface area (Å²) in [6, 6.07) is 4.80. The van der Waals surface area contributed by atoms with Crippen LogP contribution in [-0.4, -0.2) is 49.4 Å². The molecule has 1 aromatic carbocycles. The van der Waals surface area contributed by atoms with Crippen LogP contribution in [0, 0.1) is 5.92 Å². The molecule has 2 N–H and O–H groups in total. The summed E-state index contributed by atoms with van der Waals surface area (Å²) in [4.78, 5) is 48.7. The molecular weight excluding hydrogens is 354 g/mol.